The van der Waals surface area contributed by atoms with E-state index in [0.29, 0.717) is 29.5 Å². The summed E-state index contributed by atoms with van der Waals surface area (Å²) in [6.45, 7) is 8.43. The number of nitrogens with zero attached hydrogens (tertiary/aromatic N) is 2. The van der Waals surface area contributed by atoms with Gasteiger partial charge in [-0.25, -0.2) is 0 Å². The number of carbonyl (C=O) groups is 2. The van der Waals surface area contributed by atoms with Crippen molar-refractivity contribution < 1.29 is 14.3 Å². The number of fused-ring (bicyclic) bond motifs is 1. The number of rotatable bonds is 6. The van der Waals surface area contributed by atoms with Crippen molar-refractivity contribution in [3.63, 3.8) is 0 Å². The summed E-state index contributed by atoms with van der Waals surface area (Å²) in [5.41, 5.74) is 3.15. The molecule has 0 saturated heterocycles. The van der Waals surface area contributed by atoms with Gasteiger partial charge in [-0.15, -0.1) is 0 Å². The minimum absolute atomic E-state index is 0.0592. The van der Waals surface area contributed by atoms with Gasteiger partial charge in [-0.1, -0.05) is 43.6 Å². The molecule has 2 atom stereocenters. The molecule has 0 N–H and O–H groups in total. The van der Waals surface area contributed by atoms with Crippen LogP contribution in [0.4, 0.5) is 11.4 Å². The molecule has 0 saturated carbocycles. The third-order valence-electron chi connectivity index (χ3n) is 6.22. The van der Waals surface area contributed by atoms with Gasteiger partial charge >= 0.3 is 0 Å². The lowest BCUT2D eigenvalue weighted by molar-refractivity contribution is -0.117. The highest BCUT2D eigenvalue weighted by atomic mass is 35.5. The number of hydrogen-bond acceptors (Lipinski definition) is 3. The molecule has 1 aliphatic heterocycles. The first-order valence-corrected chi connectivity index (χ1v) is 12.3. The zero-order chi connectivity index (χ0) is 25.1. The van der Waals surface area contributed by atoms with Crippen LogP contribution in [0.2, 0.25) is 5.02 Å². The minimum Gasteiger partial charge on any atom is -0.493 e. The van der Waals surface area contributed by atoms with Gasteiger partial charge in [0.25, 0.3) is 5.91 Å². The first-order chi connectivity index (χ1) is 16.8. The Kier molecular flexibility index (Phi) is 7.46. The Morgan fingerprint density at radius 1 is 1.03 bits per heavy atom. The quantitative estimate of drug-likeness (QED) is 0.377. The lowest BCUT2D eigenvalue weighted by atomic mass is 9.89. The molecule has 0 spiro atoms. The van der Waals surface area contributed by atoms with E-state index in [2.05, 4.69) is 13.8 Å². The summed E-state index contributed by atoms with van der Waals surface area (Å²) in [4.78, 5) is 30.1. The number of amides is 2. The topological polar surface area (TPSA) is 49.9 Å². The van der Waals surface area contributed by atoms with E-state index in [1.54, 1.807) is 24.0 Å². The summed E-state index contributed by atoms with van der Waals surface area (Å²) in [6.07, 6.45) is 0.612. The van der Waals surface area contributed by atoms with Gasteiger partial charge in [-0.3, -0.25) is 9.59 Å². The molecule has 0 aromatic heterocycles. The molecule has 1 heterocycles. The second-order valence-electron chi connectivity index (χ2n) is 9.43. The molecule has 0 fully saturated rings. The summed E-state index contributed by atoms with van der Waals surface area (Å²) in [6, 6.07) is 22.1. The smallest absolute Gasteiger partial charge is 0.258 e. The average molecular weight is 491 g/mol. The van der Waals surface area contributed by atoms with Crippen molar-refractivity contribution in [3.8, 4) is 5.75 Å². The van der Waals surface area contributed by atoms with Gasteiger partial charge in [-0.05, 0) is 79.4 Å². The third-order valence-corrected chi connectivity index (χ3v) is 6.47. The zero-order valence-electron chi connectivity index (χ0n) is 20.6. The van der Waals surface area contributed by atoms with Crippen LogP contribution < -0.4 is 14.5 Å². The van der Waals surface area contributed by atoms with E-state index in [0.717, 1.165) is 22.7 Å². The number of para-hydroxylation sites is 1. The van der Waals surface area contributed by atoms with Crippen molar-refractivity contribution in [2.45, 2.75) is 46.2 Å². The van der Waals surface area contributed by atoms with Crippen molar-refractivity contribution in [2.75, 3.05) is 16.4 Å². The first kappa shape index (κ1) is 24.8. The van der Waals surface area contributed by atoms with E-state index in [9.17, 15) is 9.59 Å². The van der Waals surface area contributed by atoms with E-state index in [-0.39, 0.29) is 23.9 Å². The average Bonchev–Trinajstić information content (AvgIpc) is 2.84. The number of anilines is 2. The number of halogens is 1. The van der Waals surface area contributed by atoms with Crippen molar-refractivity contribution in [1.82, 2.24) is 0 Å². The van der Waals surface area contributed by atoms with Crippen LogP contribution in [0, 0.1) is 5.92 Å². The molecule has 4 rings (SSSR count). The maximum Gasteiger partial charge on any atom is 0.258 e. The van der Waals surface area contributed by atoms with Crippen LogP contribution in [0.5, 0.6) is 5.75 Å². The Morgan fingerprint density at radius 2 is 1.69 bits per heavy atom. The van der Waals surface area contributed by atoms with Crippen LogP contribution in [-0.4, -0.2) is 24.5 Å². The standard InChI is InChI=1S/C29H31ClN2O3/c1-19(2)18-35-25-15-9-22(10-16-25)29(34)31-20(3)17-28(26-7-5-6-8-27(26)31)32(21(4)33)24-13-11-23(30)12-14-24/h5-16,19-20,28H,17-18H2,1-4H3. The van der Waals surface area contributed by atoms with Crippen LogP contribution in [0.1, 0.15) is 56.1 Å². The van der Waals surface area contributed by atoms with Gasteiger partial charge in [0.05, 0.1) is 12.6 Å². The molecule has 6 heteroatoms. The number of ether oxygens (including phenoxy) is 1. The SMILES string of the molecule is CC(=O)N(c1ccc(Cl)cc1)C1CC(C)N(C(=O)c2ccc(OCC(C)C)cc2)c2ccccc21. The highest BCUT2D eigenvalue weighted by molar-refractivity contribution is 6.30. The van der Waals surface area contributed by atoms with Crippen LogP contribution in [0.25, 0.3) is 0 Å². The summed E-state index contributed by atoms with van der Waals surface area (Å²) in [5.74, 6) is 1.05. The fourth-order valence-corrected chi connectivity index (χ4v) is 4.74. The van der Waals surface area contributed by atoms with Crippen molar-refractivity contribution in [2.24, 2.45) is 5.92 Å². The summed E-state index contributed by atoms with van der Waals surface area (Å²) < 4.78 is 5.77. The molecule has 182 valence electrons. The second-order valence-corrected chi connectivity index (χ2v) is 9.87. The molecule has 3 aromatic rings. The molecule has 0 bridgehead atoms. The fourth-order valence-electron chi connectivity index (χ4n) is 4.61. The molecule has 0 radical (unpaired) electrons. The normalized spacial score (nSPS) is 17.1. The lowest BCUT2D eigenvalue weighted by Gasteiger charge is -2.43. The largest absolute Gasteiger partial charge is 0.493 e. The maximum absolute atomic E-state index is 13.7. The second kappa shape index (κ2) is 10.5. The highest BCUT2D eigenvalue weighted by Gasteiger charge is 2.38. The minimum atomic E-state index is -0.198. The van der Waals surface area contributed by atoms with Crippen LogP contribution in [0.15, 0.2) is 72.8 Å². The Balaban J connectivity index is 1.66. The van der Waals surface area contributed by atoms with Gasteiger partial charge in [0.15, 0.2) is 0 Å². The molecular formula is C29H31ClN2O3. The molecular weight excluding hydrogens is 460 g/mol. The van der Waals surface area contributed by atoms with Gasteiger partial charge in [0, 0.05) is 34.9 Å². The van der Waals surface area contributed by atoms with Crippen molar-refractivity contribution in [1.29, 1.82) is 0 Å². The molecule has 2 unspecified atom stereocenters. The molecule has 2 amide bonds. The number of hydrogen-bond donors (Lipinski definition) is 0. The Labute approximate surface area is 212 Å². The first-order valence-electron chi connectivity index (χ1n) is 12.0. The van der Waals surface area contributed by atoms with E-state index in [1.165, 1.54) is 0 Å². The fraction of sp³-hybridized carbons (Fsp3) is 0.310. The van der Waals surface area contributed by atoms with Crippen molar-refractivity contribution in [3.05, 3.63) is 88.9 Å². The lowest BCUT2D eigenvalue weighted by Crippen LogP contribution is -2.47. The van der Waals surface area contributed by atoms with Gasteiger partial charge in [0.2, 0.25) is 5.91 Å². The molecule has 35 heavy (non-hydrogen) atoms. The van der Waals surface area contributed by atoms with Crippen LogP contribution in [-0.2, 0) is 4.79 Å². The summed E-state index contributed by atoms with van der Waals surface area (Å²) in [7, 11) is 0. The number of carbonyl (C=O) groups excluding carboxylic acids is 2. The molecule has 5 nitrogen and oxygen atoms in total. The summed E-state index contributed by atoms with van der Waals surface area (Å²) >= 11 is 6.08. The van der Waals surface area contributed by atoms with Crippen LogP contribution >= 0.6 is 11.6 Å². The Morgan fingerprint density at radius 3 is 2.31 bits per heavy atom. The van der Waals surface area contributed by atoms with Gasteiger partial charge in [0.1, 0.15) is 5.75 Å². The number of benzene rings is 3. The highest BCUT2D eigenvalue weighted by Crippen LogP contribution is 2.42. The molecule has 1 aliphatic rings. The molecule has 3 aromatic carbocycles. The Hall–Kier alpha value is -3.31. The third kappa shape index (κ3) is 5.35. The van der Waals surface area contributed by atoms with E-state index >= 15 is 0 Å². The monoisotopic (exact) mass is 490 g/mol. The van der Waals surface area contributed by atoms with Gasteiger partial charge < -0.3 is 14.5 Å². The van der Waals surface area contributed by atoms with Crippen molar-refractivity contribution >= 4 is 34.8 Å². The molecule has 0 aliphatic carbocycles. The summed E-state index contributed by atoms with van der Waals surface area (Å²) in [5, 5.41) is 0.618. The van der Waals surface area contributed by atoms with E-state index < -0.39 is 0 Å². The zero-order valence-corrected chi connectivity index (χ0v) is 21.3. The van der Waals surface area contributed by atoms with E-state index in [1.807, 2.05) is 72.5 Å². The predicted molar refractivity (Wildman–Crippen MR) is 141 cm³/mol. The van der Waals surface area contributed by atoms with Gasteiger partial charge in [-0.2, -0.15) is 0 Å². The maximum atomic E-state index is 13.7. The Bertz CT molecular complexity index is 1190. The predicted octanol–water partition coefficient (Wildman–Crippen LogP) is 6.91. The van der Waals surface area contributed by atoms with Crippen LogP contribution in [0.3, 0.4) is 0 Å². The van der Waals surface area contributed by atoms with E-state index in [4.69, 9.17) is 16.3 Å².